The highest BCUT2D eigenvalue weighted by molar-refractivity contribution is 5.94. The second-order valence-corrected chi connectivity index (χ2v) is 4.62. The lowest BCUT2D eigenvalue weighted by atomic mass is 10.1. The highest BCUT2D eigenvalue weighted by Crippen LogP contribution is 2.22. The van der Waals surface area contributed by atoms with Crippen LogP contribution in [-0.2, 0) is 4.74 Å². The van der Waals surface area contributed by atoms with Gasteiger partial charge in [-0.25, -0.2) is 18.0 Å². The van der Waals surface area contributed by atoms with Crippen molar-refractivity contribution in [1.29, 1.82) is 0 Å². The molecule has 1 heterocycles. The van der Waals surface area contributed by atoms with Gasteiger partial charge in [0.2, 0.25) is 5.43 Å². The molecule has 9 heteroatoms. The van der Waals surface area contributed by atoms with Crippen LogP contribution in [0.25, 0.3) is 10.9 Å². The quantitative estimate of drug-likeness (QED) is 0.517. The number of aromatic nitrogens is 1. The van der Waals surface area contributed by atoms with Crippen molar-refractivity contribution >= 4 is 16.9 Å². The van der Waals surface area contributed by atoms with E-state index in [2.05, 4.69) is 0 Å². The van der Waals surface area contributed by atoms with Gasteiger partial charge in [0.05, 0.1) is 12.0 Å². The summed E-state index contributed by atoms with van der Waals surface area (Å²) in [7, 11) is 1.29. The summed E-state index contributed by atoms with van der Waals surface area (Å²) in [4.78, 5) is 24.1. The summed E-state index contributed by atoms with van der Waals surface area (Å²) in [5.74, 6) is -5.93. The van der Waals surface area contributed by atoms with E-state index in [1.165, 1.54) is 14.0 Å². The molecule has 0 saturated carbocycles. The number of halogens is 3. The largest absolute Gasteiger partial charge is 0.462 e. The van der Waals surface area contributed by atoms with Gasteiger partial charge in [-0.3, -0.25) is 14.5 Å². The van der Waals surface area contributed by atoms with Crippen molar-refractivity contribution in [3.63, 3.8) is 0 Å². The van der Waals surface area contributed by atoms with Crippen LogP contribution in [0.1, 0.15) is 17.3 Å². The first-order chi connectivity index (χ1) is 10.8. The number of aliphatic hydroxyl groups is 1. The van der Waals surface area contributed by atoms with Crippen LogP contribution in [-0.4, -0.2) is 36.1 Å². The van der Waals surface area contributed by atoms with Crippen molar-refractivity contribution in [2.45, 2.75) is 6.92 Å². The number of aliphatic hydroxyl groups excluding tert-OH is 1. The Labute approximate surface area is 128 Å². The molecular weight excluding hydrogens is 317 g/mol. The molecule has 2 aromatic rings. The van der Waals surface area contributed by atoms with E-state index in [9.17, 15) is 27.9 Å². The van der Waals surface area contributed by atoms with E-state index in [0.717, 1.165) is 15.9 Å². The molecule has 1 N–H and O–H groups in total. The number of rotatable bonds is 4. The van der Waals surface area contributed by atoms with Crippen LogP contribution in [0.3, 0.4) is 0 Å². The highest BCUT2D eigenvalue weighted by Gasteiger charge is 2.24. The van der Waals surface area contributed by atoms with Crippen molar-refractivity contribution < 1.29 is 27.8 Å². The van der Waals surface area contributed by atoms with Gasteiger partial charge in [-0.05, 0) is 13.0 Å². The molecule has 1 aromatic heterocycles. The van der Waals surface area contributed by atoms with Crippen LogP contribution in [0, 0.1) is 17.5 Å². The van der Waals surface area contributed by atoms with Gasteiger partial charge >= 0.3 is 5.97 Å². The van der Waals surface area contributed by atoms with Gasteiger partial charge in [-0.15, -0.1) is 0 Å². The van der Waals surface area contributed by atoms with Crippen molar-refractivity contribution in [2.75, 3.05) is 25.4 Å². The summed E-state index contributed by atoms with van der Waals surface area (Å²) in [5.41, 5.74) is -2.10. The predicted octanol–water partition coefficient (Wildman–Crippen LogP) is 1.11. The molecule has 0 radical (unpaired) electrons. The minimum atomic E-state index is -1.76. The Kier molecular flexibility index (Phi) is 4.60. The number of hydrogen-bond donors (Lipinski definition) is 1. The average molecular weight is 330 g/mol. The molecule has 2 rings (SSSR count). The van der Waals surface area contributed by atoms with Crippen LogP contribution in [0.2, 0.25) is 0 Å². The fraction of sp³-hybridized carbons (Fsp3) is 0.286. The fourth-order valence-electron chi connectivity index (χ4n) is 2.06. The Morgan fingerprint density at radius 2 is 2.00 bits per heavy atom. The zero-order chi connectivity index (χ0) is 17.3. The lowest BCUT2D eigenvalue weighted by Gasteiger charge is -2.23. The molecule has 6 nitrogen and oxygen atoms in total. The van der Waals surface area contributed by atoms with E-state index < -0.39 is 52.0 Å². The molecule has 23 heavy (non-hydrogen) atoms. The van der Waals surface area contributed by atoms with Crippen molar-refractivity contribution in [3.8, 4) is 0 Å². The summed E-state index contributed by atoms with van der Waals surface area (Å²) in [6.45, 7) is 0.864. The number of benzene rings is 1. The topological polar surface area (TPSA) is 71.8 Å². The molecule has 0 bridgehead atoms. The van der Waals surface area contributed by atoms with Crippen LogP contribution in [0.15, 0.2) is 17.1 Å². The molecule has 0 amide bonds. The maximum Gasteiger partial charge on any atom is 0.343 e. The smallest absolute Gasteiger partial charge is 0.343 e. The van der Waals surface area contributed by atoms with Gasteiger partial charge in [0, 0.05) is 13.2 Å². The number of fused-ring (bicyclic) bond motifs is 1. The van der Waals surface area contributed by atoms with Gasteiger partial charge in [0.15, 0.2) is 17.5 Å². The minimum absolute atomic E-state index is 0.0156. The third-order valence-electron chi connectivity index (χ3n) is 3.17. The molecular formula is C14H13F3N2O4. The first-order valence-corrected chi connectivity index (χ1v) is 6.55. The summed E-state index contributed by atoms with van der Waals surface area (Å²) < 4.78 is 46.6. The molecule has 0 atom stereocenters. The van der Waals surface area contributed by atoms with Crippen molar-refractivity contribution in [2.24, 2.45) is 0 Å². The van der Waals surface area contributed by atoms with Gasteiger partial charge in [-0.2, -0.15) is 0 Å². The first-order valence-electron chi connectivity index (χ1n) is 6.55. The molecule has 124 valence electrons. The number of pyridine rings is 1. The summed E-state index contributed by atoms with van der Waals surface area (Å²) >= 11 is 0. The Morgan fingerprint density at radius 3 is 2.57 bits per heavy atom. The number of hydrogen-bond acceptors (Lipinski definition) is 5. The second kappa shape index (κ2) is 6.29. The Morgan fingerprint density at radius 1 is 1.35 bits per heavy atom. The summed E-state index contributed by atoms with van der Waals surface area (Å²) in [5, 5.41) is 9.63. The lowest BCUT2D eigenvalue weighted by molar-refractivity contribution is 0.0524. The summed E-state index contributed by atoms with van der Waals surface area (Å²) in [6, 6.07) is 0.501. The summed E-state index contributed by atoms with van der Waals surface area (Å²) in [6.07, 6.45) is 0.902. The number of ether oxygens (including phenoxy) is 1. The third-order valence-corrected chi connectivity index (χ3v) is 3.17. The van der Waals surface area contributed by atoms with E-state index >= 15 is 0 Å². The average Bonchev–Trinajstić information content (AvgIpc) is 2.53. The third kappa shape index (κ3) is 2.74. The zero-order valence-electron chi connectivity index (χ0n) is 12.3. The molecule has 0 fully saturated rings. The monoisotopic (exact) mass is 330 g/mol. The Balaban J connectivity index is 2.95. The lowest BCUT2D eigenvalue weighted by Crippen LogP contribution is -2.34. The van der Waals surface area contributed by atoms with E-state index in [-0.39, 0.29) is 6.61 Å². The standard InChI is InChI=1S/C14H13F3N2O4/c1-3-23-14(22)8-5-19(18(2)6-20)12-7(13(8)21)4-9(15)10(16)11(12)17/h4-5,20H,3,6H2,1-2H3. The van der Waals surface area contributed by atoms with Crippen LogP contribution in [0.4, 0.5) is 13.2 Å². The molecule has 0 spiro atoms. The van der Waals surface area contributed by atoms with Crippen LogP contribution < -0.4 is 10.4 Å². The maximum absolute atomic E-state index is 14.1. The van der Waals surface area contributed by atoms with Gasteiger partial charge in [0.25, 0.3) is 0 Å². The highest BCUT2D eigenvalue weighted by atomic mass is 19.2. The molecule has 0 aliphatic carbocycles. The molecule has 1 aromatic carbocycles. The number of carbonyl (C=O) groups excluding carboxylic acids is 1. The molecule has 0 aliphatic rings. The van der Waals surface area contributed by atoms with E-state index in [1.54, 1.807) is 0 Å². The van der Waals surface area contributed by atoms with E-state index in [0.29, 0.717) is 6.07 Å². The number of nitrogens with zero attached hydrogens (tertiary/aromatic N) is 2. The molecule has 0 aliphatic heterocycles. The number of carbonyl (C=O) groups is 1. The maximum atomic E-state index is 14.1. The second-order valence-electron chi connectivity index (χ2n) is 4.62. The van der Waals surface area contributed by atoms with Crippen LogP contribution >= 0.6 is 0 Å². The Bertz CT molecular complexity index is 835. The van der Waals surface area contributed by atoms with E-state index in [4.69, 9.17) is 4.74 Å². The van der Waals surface area contributed by atoms with E-state index in [1.807, 2.05) is 0 Å². The van der Waals surface area contributed by atoms with Gasteiger partial charge in [-0.1, -0.05) is 0 Å². The number of esters is 1. The minimum Gasteiger partial charge on any atom is -0.462 e. The predicted molar refractivity (Wildman–Crippen MR) is 75.3 cm³/mol. The van der Waals surface area contributed by atoms with Gasteiger partial charge < -0.3 is 9.84 Å². The zero-order valence-corrected chi connectivity index (χ0v) is 12.3. The van der Waals surface area contributed by atoms with Crippen molar-refractivity contribution in [3.05, 3.63) is 45.5 Å². The van der Waals surface area contributed by atoms with Crippen LogP contribution in [0.5, 0.6) is 0 Å². The molecule has 0 saturated heterocycles. The normalized spacial score (nSPS) is 10.9. The SMILES string of the molecule is CCOC(=O)c1cn(N(C)CO)c2c(F)c(F)c(F)cc2c1=O. The Hall–Kier alpha value is -2.55. The fourth-order valence-corrected chi connectivity index (χ4v) is 2.06. The molecule has 0 unspecified atom stereocenters. The first kappa shape index (κ1) is 16.8. The van der Waals surface area contributed by atoms with Crippen molar-refractivity contribution in [1.82, 2.24) is 4.68 Å². The van der Waals surface area contributed by atoms with Gasteiger partial charge in [0.1, 0.15) is 17.8 Å².